The summed E-state index contributed by atoms with van der Waals surface area (Å²) >= 11 is 11.9. The number of nitrogens with zero attached hydrogens (tertiary/aromatic N) is 1. The zero-order valence-corrected chi connectivity index (χ0v) is 15.6. The van der Waals surface area contributed by atoms with Crippen LogP contribution in [0, 0.1) is 0 Å². The molecule has 27 heavy (non-hydrogen) atoms. The predicted molar refractivity (Wildman–Crippen MR) is 106 cm³/mol. The fraction of sp³-hybridized carbons (Fsp3) is 0.0500. The highest BCUT2D eigenvalue weighted by Gasteiger charge is 2.12. The van der Waals surface area contributed by atoms with E-state index in [9.17, 15) is 9.59 Å². The van der Waals surface area contributed by atoms with Crippen LogP contribution in [-0.2, 0) is 6.54 Å². The van der Waals surface area contributed by atoms with Gasteiger partial charge in [0, 0.05) is 30.2 Å². The van der Waals surface area contributed by atoms with Crippen LogP contribution in [0.1, 0.15) is 26.3 Å². The molecule has 1 aromatic heterocycles. The van der Waals surface area contributed by atoms with Gasteiger partial charge in [-0.3, -0.25) is 14.6 Å². The minimum absolute atomic E-state index is 0.242. The summed E-state index contributed by atoms with van der Waals surface area (Å²) in [6, 6.07) is 15.3. The molecule has 0 aliphatic carbocycles. The average molecular weight is 400 g/mol. The van der Waals surface area contributed by atoms with Crippen molar-refractivity contribution in [3.8, 4) is 0 Å². The Morgan fingerprint density at radius 3 is 2.44 bits per heavy atom. The Morgan fingerprint density at radius 1 is 0.889 bits per heavy atom. The maximum Gasteiger partial charge on any atom is 0.255 e. The van der Waals surface area contributed by atoms with E-state index in [0.29, 0.717) is 26.9 Å². The van der Waals surface area contributed by atoms with E-state index in [1.807, 2.05) is 12.1 Å². The first-order valence-electron chi connectivity index (χ1n) is 8.07. The van der Waals surface area contributed by atoms with Crippen LogP contribution in [0.2, 0.25) is 10.0 Å². The lowest BCUT2D eigenvalue weighted by Crippen LogP contribution is -2.24. The molecule has 1 heterocycles. The number of benzene rings is 2. The lowest BCUT2D eigenvalue weighted by atomic mass is 10.1. The number of anilines is 1. The van der Waals surface area contributed by atoms with Crippen LogP contribution in [-0.4, -0.2) is 16.8 Å². The molecule has 0 bridgehead atoms. The lowest BCUT2D eigenvalue weighted by molar-refractivity contribution is 0.0950. The van der Waals surface area contributed by atoms with E-state index in [2.05, 4.69) is 15.6 Å². The van der Waals surface area contributed by atoms with E-state index in [1.54, 1.807) is 42.6 Å². The SMILES string of the molecule is O=C(NCc1ccccc1NC(=O)c1ccc(Cl)c(Cl)c1)c1cccnc1. The Kier molecular flexibility index (Phi) is 6.06. The van der Waals surface area contributed by atoms with Crippen LogP contribution in [0.5, 0.6) is 0 Å². The third kappa shape index (κ3) is 4.84. The molecule has 0 atom stereocenters. The second-order valence-electron chi connectivity index (χ2n) is 5.66. The number of hydrogen-bond acceptors (Lipinski definition) is 3. The number of para-hydroxylation sites is 1. The van der Waals surface area contributed by atoms with Crippen LogP contribution >= 0.6 is 23.2 Å². The van der Waals surface area contributed by atoms with Crippen molar-refractivity contribution in [2.24, 2.45) is 0 Å². The van der Waals surface area contributed by atoms with E-state index in [4.69, 9.17) is 23.2 Å². The van der Waals surface area contributed by atoms with Crippen molar-refractivity contribution in [1.29, 1.82) is 0 Å². The zero-order chi connectivity index (χ0) is 19.2. The van der Waals surface area contributed by atoms with E-state index in [1.165, 1.54) is 12.3 Å². The Morgan fingerprint density at radius 2 is 1.70 bits per heavy atom. The third-order valence-corrected chi connectivity index (χ3v) is 4.55. The van der Waals surface area contributed by atoms with Crippen molar-refractivity contribution >= 4 is 40.7 Å². The van der Waals surface area contributed by atoms with Crippen molar-refractivity contribution in [3.05, 3.63) is 93.7 Å². The fourth-order valence-electron chi connectivity index (χ4n) is 2.40. The number of carbonyl (C=O) groups excluding carboxylic acids is 2. The molecular formula is C20H15Cl2N3O2. The fourth-order valence-corrected chi connectivity index (χ4v) is 2.70. The van der Waals surface area contributed by atoms with Crippen LogP contribution in [0.15, 0.2) is 67.0 Å². The Hall–Kier alpha value is -2.89. The minimum atomic E-state index is -0.320. The molecule has 0 fully saturated rings. The molecule has 5 nitrogen and oxygen atoms in total. The van der Waals surface area contributed by atoms with Crippen molar-refractivity contribution in [1.82, 2.24) is 10.3 Å². The van der Waals surface area contributed by atoms with E-state index >= 15 is 0 Å². The van der Waals surface area contributed by atoms with Gasteiger partial charge in [-0.1, -0.05) is 41.4 Å². The summed E-state index contributed by atoms with van der Waals surface area (Å²) in [5, 5.41) is 6.34. The highest BCUT2D eigenvalue weighted by molar-refractivity contribution is 6.42. The first-order chi connectivity index (χ1) is 13.0. The van der Waals surface area contributed by atoms with Gasteiger partial charge in [0.05, 0.1) is 15.6 Å². The summed E-state index contributed by atoms with van der Waals surface area (Å²) in [5.41, 5.74) is 2.22. The molecule has 0 aliphatic heterocycles. The van der Waals surface area contributed by atoms with Gasteiger partial charge in [-0.25, -0.2) is 0 Å². The van der Waals surface area contributed by atoms with Crippen LogP contribution in [0.4, 0.5) is 5.69 Å². The smallest absolute Gasteiger partial charge is 0.255 e. The molecule has 7 heteroatoms. The highest BCUT2D eigenvalue weighted by atomic mass is 35.5. The summed E-state index contributed by atoms with van der Waals surface area (Å²) in [6.07, 6.45) is 3.10. The average Bonchev–Trinajstić information content (AvgIpc) is 2.69. The number of carbonyl (C=O) groups is 2. The Balaban J connectivity index is 1.71. The second kappa shape index (κ2) is 8.66. The number of aromatic nitrogens is 1. The van der Waals surface area contributed by atoms with Crippen LogP contribution in [0.25, 0.3) is 0 Å². The molecule has 2 N–H and O–H groups in total. The summed E-state index contributed by atoms with van der Waals surface area (Å²) in [4.78, 5) is 28.6. The summed E-state index contributed by atoms with van der Waals surface area (Å²) < 4.78 is 0. The Labute approximate surface area is 166 Å². The maximum atomic E-state index is 12.5. The van der Waals surface area contributed by atoms with Gasteiger partial charge in [0.2, 0.25) is 0 Å². The predicted octanol–water partition coefficient (Wildman–Crippen LogP) is 4.57. The van der Waals surface area contributed by atoms with Crippen molar-refractivity contribution in [3.63, 3.8) is 0 Å². The van der Waals surface area contributed by atoms with Gasteiger partial charge in [0.1, 0.15) is 0 Å². The number of halogens is 2. The number of pyridine rings is 1. The summed E-state index contributed by atoms with van der Waals surface area (Å²) in [6.45, 7) is 0.256. The number of amides is 2. The van der Waals surface area contributed by atoms with E-state index in [0.717, 1.165) is 5.56 Å². The topological polar surface area (TPSA) is 71.1 Å². The molecule has 2 amide bonds. The first kappa shape index (κ1) is 18.9. The van der Waals surface area contributed by atoms with Gasteiger partial charge < -0.3 is 10.6 Å². The van der Waals surface area contributed by atoms with Gasteiger partial charge in [0.25, 0.3) is 11.8 Å². The molecule has 0 saturated carbocycles. The third-order valence-electron chi connectivity index (χ3n) is 3.81. The van der Waals surface area contributed by atoms with Gasteiger partial charge >= 0.3 is 0 Å². The molecule has 3 aromatic rings. The molecule has 136 valence electrons. The van der Waals surface area contributed by atoms with E-state index < -0.39 is 0 Å². The second-order valence-corrected chi connectivity index (χ2v) is 6.48. The van der Waals surface area contributed by atoms with Gasteiger partial charge in [0.15, 0.2) is 0 Å². The Bertz CT molecular complexity index is 978. The molecule has 2 aromatic carbocycles. The van der Waals surface area contributed by atoms with Gasteiger partial charge in [-0.15, -0.1) is 0 Å². The summed E-state index contributed by atoms with van der Waals surface area (Å²) in [5.74, 6) is -0.562. The summed E-state index contributed by atoms with van der Waals surface area (Å²) in [7, 11) is 0. The number of nitrogens with one attached hydrogen (secondary N) is 2. The highest BCUT2D eigenvalue weighted by Crippen LogP contribution is 2.23. The van der Waals surface area contributed by atoms with Crippen LogP contribution in [0.3, 0.4) is 0 Å². The molecule has 0 spiro atoms. The molecule has 0 saturated heterocycles. The van der Waals surface area contributed by atoms with Crippen molar-refractivity contribution in [2.45, 2.75) is 6.54 Å². The molecule has 3 rings (SSSR count). The lowest BCUT2D eigenvalue weighted by Gasteiger charge is -2.12. The molecule has 0 unspecified atom stereocenters. The van der Waals surface area contributed by atoms with Crippen molar-refractivity contribution in [2.75, 3.05) is 5.32 Å². The monoisotopic (exact) mass is 399 g/mol. The molecule has 0 radical (unpaired) electrons. The minimum Gasteiger partial charge on any atom is -0.348 e. The van der Waals surface area contributed by atoms with Gasteiger partial charge in [-0.05, 0) is 42.0 Å². The van der Waals surface area contributed by atoms with Gasteiger partial charge in [-0.2, -0.15) is 0 Å². The van der Waals surface area contributed by atoms with E-state index in [-0.39, 0.29) is 18.4 Å². The zero-order valence-electron chi connectivity index (χ0n) is 14.1. The maximum absolute atomic E-state index is 12.5. The quantitative estimate of drug-likeness (QED) is 0.659. The van der Waals surface area contributed by atoms with Crippen LogP contribution < -0.4 is 10.6 Å². The van der Waals surface area contributed by atoms with Crippen molar-refractivity contribution < 1.29 is 9.59 Å². The molecular weight excluding hydrogens is 385 g/mol. The standard InChI is InChI=1S/C20H15Cl2N3O2/c21-16-8-7-13(10-17(16)22)20(27)25-18-6-2-1-4-14(18)12-24-19(26)15-5-3-9-23-11-15/h1-11H,12H2,(H,24,26)(H,25,27). The molecule has 0 aliphatic rings. The first-order valence-corrected chi connectivity index (χ1v) is 8.83. The normalized spacial score (nSPS) is 10.3. The number of rotatable bonds is 5. The number of hydrogen-bond donors (Lipinski definition) is 2. The largest absolute Gasteiger partial charge is 0.348 e.